The van der Waals surface area contributed by atoms with Gasteiger partial charge >= 0.3 is 0 Å². The van der Waals surface area contributed by atoms with Gasteiger partial charge in [-0.05, 0) is 38.8 Å². The molecule has 1 aliphatic heterocycles. The summed E-state index contributed by atoms with van der Waals surface area (Å²) >= 11 is 7.61. The third kappa shape index (κ3) is 3.25. The molecule has 3 nitrogen and oxygen atoms in total. The minimum atomic E-state index is -0.522. The van der Waals surface area contributed by atoms with Crippen molar-refractivity contribution in [1.29, 1.82) is 0 Å². The summed E-state index contributed by atoms with van der Waals surface area (Å²) < 4.78 is 0.805. The number of aliphatic hydroxyl groups is 1. The summed E-state index contributed by atoms with van der Waals surface area (Å²) in [5.41, 5.74) is 5.61. The standard InChI is InChI=1S/C13H21ClN2OS/c1-9(15)12(10-3-4-11(14)18-10)16-7-5-13(2,17)6-8-16/h3-4,9,12,17H,5-8,15H2,1-2H3. The minimum absolute atomic E-state index is 0.0581. The molecule has 18 heavy (non-hydrogen) atoms. The van der Waals surface area contributed by atoms with Gasteiger partial charge in [-0.1, -0.05) is 11.6 Å². The molecule has 5 heteroatoms. The molecule has 1 aromatic rings. The molecule has 0 aromatic carbocycles. The van der Waals surface area contributed by atoms with Gasteiger partial charge in [0.25, 0.3) is 0 Å². The second kappa shape index (κ2) is 5.47. The quantitative estimate of drug-likeness (QED) is 0.899. The van der Waals surface area contributed by atoms with Crippen molar-refractivity contribution in [3.63, 3.8) is 0 Å². The van der Waals surface area contributed by atoms with E-state index in [1.807, 2.05) is 19.9 Å². The molecule has 0 radical (unpaired) electrons. The van der Waals surface area contributed by atoms with Crippen molar-refractivity contribution in [2.75, 3.05) is 13.1 Å². The van der Waals surface area contributed by atoms with Crippen LogP contribution < -0.4 is 5.73 Å². The van der Waals surface area contributed by atoms with Gasteiger partial charge in [-0.2, -0.15) is 0 Å². The molecule has 0 bridgehead atoms. The van der Waals surface area contributed by atoms with Gasteiger partial charge in [0.2, 0.25) is 0 Å². The molecule has 1 fully saturated rings. The highest BCUT2D eigenvalue weighted by Crippen LogP contribution is 2.35. The van der Waals surface area contributed by atoms with Crippen LogP contribution in [0.15, 0.2) is 12.1 Å². The molecule has 2 unspecified atom stereocenters. The summed E-state index contributed by atoms with van der Waals surface area (Å²) in [6.07, 6.45) is 1.60. The zero-order valence-corrected chi connectivity index (χ0v) is 12.5. The van der Waals surface area contributed by atoms with E-state index in [9.17, 15) is 5.11 Å². The molecule has 0 amide bonds. The van der Waals surface area contributed by atoms with Crippen LogP contribution >= 0.6 is 22.9 Å². The van der Waals surface area contributed by atoms with Crippen LogP contribution in [0.3, 0.4) is 0 Å². The molecule has 2 rings (SSSR count). The van der Waals surface area contributed by atoms with Gasteiger partial charge in [-0.3, -0.25) is 4.90 Å². The van der Waals surface area contributed by atoms with E-state index in [4.69, 9.17) is 17.3 Å². The van der Waals surface area contributed by atoms with Crippen molar-refractivity contribution in [2.45, 2.75) is 44.4 Å². The second-order valence-corrected chi connectivity index (χ2v) is 7.23. The van der Waals surface area contributed by atoms with Crippen LogP contribution in [-0.4, -0.2) is 34.7 Å². The number of thiophene rings is 1. The molecule has 1 aliphatic rings. The van der Waals surface area contributed by atoms with Gasteiger partial charge < -0.3 is 10.8 Å². The van der Waals surface area contributed by atoms with Crippen LogP contribution in [0.25, 0.3) is 0 Å². The Balaban J connectivity index is 2.12. The van der Waals surface area contributed by atoms with E-state index in [0.29, 0.717) is 0 Å². The van der Waals surface area contributed by atoms with E-state index in [1.54, 1.807) is 11.3 Å². The summed E-state index contributed by atoms with van der Waals surface area (Å²) in [5.74, 6) is 0. The van der Waals surface area contributed by atoms with E-state index < -0.39 is 5.60 Å². The summed E-state index contributed by atoms with van der Waals surface area (Å²) in [6.45, 7) is 5.71. The molecule has 2 heterocycles. The Kier molecular flexibility index (Phi) is 4.34. The second-order valence-electron chi connectivity index (χ2n) is 5.48. The lowest BCUT2D eigenvalue weighted by molar-refractivity contribution is -0.0189. The Morgan fingerprint density at radius 3 is 2.50 bits per heavy atom. The van der Waals surface area contributed by atoms with Crippen molar-refractivity contribution < 1.29 is 5.11 Å². The van der Waals surface area contributed by atoms with E-state index >= 15 is 0 Å². The topological polar surface area (TPSA) is 49.5 Å². The highest BCUT2D eigenvalue weighted by atomic mass is 35.5. The van der Waals surface area contributed by atoms with Crippen LogP contribution in [-0.2, 0) is 0 Å². The first-order valence-corrected chi connectivity index (χ1v) is 7.56. The first-order valence-electron chi connectivity index (χ1n) is 6.36. The van der Waals surface area contributed by atoms with Crippen molar-refractivity contribution >= 4 is 22.9 Å². The van der Waals surface area contributed by atoms with Crippen LogP contribution in [0.1, 0.15) is 37.6 Å². The number of hydrogen-bond donors (Lipinski definition) is 2. The fraction of sp³-hybridized carbons (Fsp3) is 0.692. The van der Waals surface area contributed by atoms with E-state index in [2.05, 4.69) is 11.0 Å². The van der Waals surface area contributed by atoms with Gasteiger partial charge in [-0.15, -0.1) is 11.3 Å². The van der Waals surface area contributed by atoms with E-state index in [-0.39, 0.29) is 12.1 Å². The molecule has 2 atom stereocenters. The lowest BCUT2D eigenvalue weighted by Gasteiger charge is -2.41. The number of piperidine rings is 1. The zero-order valence-electron chi connectivity index (χ0n) is 10.9. The number of nitrogens with two attached hydrogens (primary N) is 1. The van der Waals surface area contributed by atoms with E-state index in [1.165, 1.54) is 4.88 Å². The number of likely N-dealkylation sites (tertiary alicyclic amines) is 1. The highest BCUT2D eigenvalue weighted by molar-refractivity contribution is 7.16. The highest BCUT2D eigenvalue weighted by Gasteiger charge is 2.33. The van der Waals surface area contributed by atoms with Gasteiger partial charge in [-0.25, -0.2) is 0 Å². The van der Waals surface area contributed by atoms with Crippen molar-refractivity contribution in [3.8, 4) is 0 Å². The number of rotatable bonds is 3. The molecule has 102 valence electrons. The van der Waals surface area contributed by atoms with Crippen LogP contribution in [0.5, 0.6) is 0 Å². The van der Waals surface area contributed by atoms with Crippen LogP contribution in [0.4, 0.5) is 0 Å². The molecular weight excluding hydrogens is 268 g/mol. The van der Waals surface area contributed by atoms with E-state index in [0.717, 1.165) is 30.3 Å². The van der Waals surface area contributed by atoms with Gasteiger partial charge in [0, 0.05) is 24.0 Å². The number of hydrogen-bond acceptors (Lipinski definition) is 4. The Bertz CT molecular complexity index is 395. The third-order valence-corrected chi connectivity index (χ3v) is 4.95. The first kappa shape index (κ1) is 14.3. The predicted molar refractivity (Wildman–Crippen MR) is 77.2 cm³/mol. The van der Waals surface area contributed by atoms with Crippen LogP contribution in [0.2, 0.25) is 4.34 Å². The van der Waals surface area contributed by atoms with Crippen molar-refractivity contribution in [2.24, 2.45) is 5.73 Å². The molecule has 0 saturated carbocycles. The molecular formula is C13H21ClN2OS. The maximum absolute atomic E-state index is 10.0. The summed E-state index contributed by atoms with van der Waals surface area (Å²) in [5, 5.41) is 10.0. The molecule has 1 aromatic heterocycles. The minimum Gasteiger partial charge on any atom is -0.390 e. The van der Waals surface area contributed by atoms with Gasteiger partial charge in [0.15, 0.2) is 0 Å². The molecule has 0 aliphatic carbocycles. The number of nitrogens with zero attached hydrogens (tertiary/aromatic N) is 1. The summed E-state index contributed by atoms with van der Waals surface area (Å²) in [7, 11) is 0. The smallest absolute Gasteiger partial charge is 0.0931 e. The third-order valence-electron chi connectivity index (χ3n) is 3.65. The maximum atomic E-state index is 10.0. The van der Waals surface area contributed by atoms with Gasteiger partial charge in [0.05, 0.1) is 16.0 Å². The Labute approximate surface area is 118 Å². The fourth-order valence-corrected chi connectivity index (χ4v) is 3.85. The largest absolute Gasteiger partial charge is 0.390 e. The lowest BCUT2D eigenvalue weighted by atomic mass is 9.92. The van der Waals surface area contributed by atoms with Gasteiger partial charge in [0.1, 0.15) is 0 Å². The van der Waals surface area contributed by atoms with Crippen LogP contribution in [0, 0.1) is 0 Å². The predicted octanol–water partition coefficient (Wildman–Crippen LogP) is 2.64. The Morgan fingerprint density at radius 1 is 1.44 bits per heavy atom. The van der Waals surface area contributed by atoms with Crippen molar-refractivity contribution in [3.05, 3.63) is 21.3 Å². The fourth-order valence-electron chi connectivity index (χ4n) is 2.54. The zero-order chi connectivity index (χ0) is 13.3. The Morgan fingerprint density at radius 2 is 2.06 bits per heavy atom. The molecule has 1 saturated heterocycles. The monoisotopic (exact) mass is 288 g/mol. The Hall–Kier alpha value is -0.130. The average Bonchev–Trinajstić information content (AvgIpc) is 2.67. The lowest BCUT2D eigenvalue weighted by Crippen LogP contribution is -2.47. The summed E-state index contributed by atoms with van der Waals surface area (Å²) in [4.78, 5) is 3.58. The normalized spacial score (nSPS) is 23.8. The average molecular weight is 289 g/mol. The SMILES string of the molecule is CC(N)C(c1ccc(Cl)s1)N1CCC(C)(O)CC1. The molecule has 0 spiro atoms. The first-order chi connectivity index (χ1) is 8.39. The maximum Gasteiger partial charge on any atom is 0.0931 e. The molecule has 3 N–H and O–H groups in total. The summed E-state index contributed by atoms with van der Waals surface area (Å²) in [6, 6.07) is 4.26. The van der Waals surface area contributed by atoms with Crippen molar-refractivity contribution in [1.82, 2.24) is 4.90 Å². The number of halogens is 1.